The highest BCUT2D eigenvalue weighted by Crippen LogP contribution is 2.78. The van der Waals surface area contributed by atoms with E-state index >= 15 is 0 Å². The third kappa shape index (κ3) is 6.05. The van der Waals surface area contributed by atoms with Crippen LogP contribution in [0.4, 0.5) is 0 Å². The molecule has 0 unspecified atom stereocenters. The van der Waals surface area contributed by atoms with Crippen molar-refractivity contribution in [2.75, 3.05) is 31.1 Å². The smallest absolute Gasteiger partial charge is 0.298 e. The summed E-state index contributed by atoms with van der Waals surface area (Å²) < 4.78 is 28.9. The largest absolute Gasteiger partial charge is 0.429 e. The van der Waals surface area contributed by atoms with E-state index in [1.54, 1.807) is 0 Å². The molecule has 0 spiro atoms. The van der Waals surface area contributed by atoms with Crippen LogP contribution in [0.3, 0.4) is 0 Å². The van der Waals surface area contributed by atoms with Gasteiger partial charge in [0, 0.05) is 30.3 Å². The summed E-state index contributed by atoms with van der Waals surface area (Å²) in [6.45, 7) is 21.6. The first-order valence-electron chi connectivity index (χ1n) is 20.7. The number of nitrogens with zero attached hydrogens (tertiary/aromatic N) is 1. The van der Waals surface area contributed by atoms with Crippen LogP contribution in [0, 0.1) is 56.7 Å². The van der Waals surface area contributed by atoms with Gasteiger partial charge < -0.3 is 14.7 Å². The minimum atomic E-state index is -2.89. The molecule has 1 heterocycles. The topological polar surface area (TPSA) is 101 Å². The van der Waals surface area contributed by atoms with E-state index in [2.05, 4.69) is 59.1 Å². The van der Waals surface area contributed by atoms with E-state index in [0.717, 1.165) is 76.3 Å². The van der Waals surface area contributed by atoms with Gasteiger partial charge in [-0.3, -0.25) is 9.59 Å². The summed E-state index contributed by atoms with van der Waals surface area (Å²) in [5.74, 6) is 3.32. The van der Waals surface area contributed by atoms with Gasteiger partial charge in [0.1, 0.15) is 11.5 Å². The number of ether oxygens (including phenoxy) is 1. The normalized spacial score (nSPS) is 41.5. The molecular formula is C45H65NO6S. The molecule has 0 aromatic heterocycles. The number of ketones is 1. The summed E-state index contributed by atoms with van der Waals surface area (Å²) >= 11 is 0. The number of sulfone groups is 1. The lowest BCUT2D eigenvalue weighted by atomic mass is 9.32. The number of allylic oxidation sites excluding steroid dienone is 2. The first-order valence-corrected chi connectivity index (χ1v) is 22.5. The van der Waals surface area contributed by atoms with Crippen LogP contribution >= 0.6 is 0 Å². The number of carbonyl (C=O) groups excluding carboxylic acids is 2. The summed E-state index contributed by atoms with van der Waals surface area (Å²) in [5.41, 5.74) is 2.88. The van der Waals surface area contributed by atoms with Gasteiger partial charge >= 0.3 is 0 Å². The van der Waals surface area contributed by atoms with Crippen LogP contribution in [-0.2, 0) is 19.4 Å². The lowest BCUT2D eigenvalue weighted by Crippen LogP contribution is -2.68. The molecule has 0 bridgehead atoms. The number of Topliss-reactive ketones (excluding diaryl/α,β-unsaturated/α-hetero) is 1. The molecule has 1 aromatic rings. The second-order valence-electron chi connectivity index (χ2n) is 19.6. The monoisotopic (exact) mass is 747 g/mol. The highest BCUT2D eigenvalue weighted by molar-refractivity contribution is 7.91. The maximum absolute atomic E-state index is 14.6. The van der Waals surface area contributed by atoms with Crippen LogP contribution in [-0.4, -0.2) is 67.9 Å². The maximum atomic E-state index is 14.6. The number of rotatable bonds is 10. The predicted octanol–water partition coefficient (Wildman–Crippen LogP) is 8.31. The van der Waals surface area contributed by atoms with Crippen LogP contribution in [0.15, 0.2) is 42.5 Å². The average Bonchev–Trinajstić information content (AvgIpc) is 3.51. The number of benzene rings is 1. The Morgan fingerprint density at radius 1 is 0.925 bits per heavy atom. The quantitative estimate of drug-likeness (QED) is 0.146. The molecule has 53 heavy (non-hydrogen) atoms. The Morgan fingerprint density at radius 2 is 1.62 bits per heavy atom. The Balaban J connectivity index is 1.13. The van der Waals surface area contributed by atoms with Crippen molar-refractivity contribution in [1.82, 2.24) is 4.90 Å². The van der Waals surface area contributed by atoms with Crippen LogP contribution in [0.5, 0.6) is 5.75 Å². The van der Waals surface area contributed by atoms with Gasteiger partial charge in [0.25, 0.3) is 6.47 Å². The number of hydrogen-bond donors (Lipinski definition) is 1. The van der Waals surface area contributed by atoms with E-state index in [1.807, 2.05) is 24.3 Å². The van der Waals surface area contributed by atoms with Crippen molar-refractivity contribution in [2.24, 2.45) is 56.7 Å². The Morgan fingerprint density at radius 3 is 2.28 bits per heavy atom. The van der Waals surface area contributed by atoms with Crippen molar-refractivity contribution >= 4 is 27.7 Å². The highest BCUT2D eigenvalue weighted by Gasteiger charge is 2.72. The van der Waals surface area contributed by atoms with Gasteiger partial charge in [0.15, 0.2) is 9.84 Å². The number of hydrogen-bond acceptors (Lipinski definition) is 7. The van der Waals surface area contributed by atoms with E-state index < -0.39 is 15.9 Å². The van der Waals surface area contributed by atoms with Crippen molar-refractivity contribution < 1.29 is 27.9 Å². The van der Waals surface area contributed by atoms with Gasteiger partial charge in [-0.05, 0) is 147 Å². The molecule has 5 fully saturated rings. The molecule has 6 aliphatic rings. The van der Waals surface area contributed by atoms with Crippen LogP contribution in [0.2, 0.25) is 0 Å². The fourth-order valence-corrected chi connectivity index (χ4v) is 15.6. The molecule has 1 aliphatic heterocycles. The number of aliphatic hydroxyl groups excluding tert-OH is 1. The van der Waals surface area contributed by atoms with Crippen LogP contribution in [0.1, 0.15) is 118 Å². The lowest BCUT2D eigenvalue weighted by Gasteiger charge is -2.72. The molecule has 1 aromatic carbocycles. The Labute approximate surface area is 319 Å². The van der Waals surface area contributed by atoms with Gasteiger partial charge in [-0.2, -0.15) is 0 Å². The molecule has 4 saturated carbocycles. The van der Waals surface area contributed by atoms with Crippen molar-refractivity contribution in [3.8, 4) is 5.75 Å². The summed E-state index contributed by atoms with van der Waals surface area (Å²) in [6, 6.07) is 7.70. The minimum Gasteiger partial charge on any atom is -0.429 e. The fourth-order valence-electron chi connectivity index (χ4n) is 14.3. The van der Waals surface area contributed by atoms with E-state index in [9.17, 15) is 23.1 Å². The third-order valence-electron chi connectivity index (χ3n) is 17.2. The molecule has 292 valence electrons. The molecule has 8 heteroatoms. The summed E-state index contributed by atoms with van der Waals surface area (Å²) in [4.78, 5) is 27.8. The zero-order valence-corrected chi connectivity index (χ0v) is 34.1. The molecule has 10 atom stereocenters. The number of aliphatic hydroxyl groups is 1. The second-order valence-corrected chi connectivity index (χ2v) is 21.9. The second kappa shape index (κ2) is 13.7. The van der Waals surface area contributed by atoms with E-state index in [0.29, 0.717) is 67.1 Å². The average molecular weight is 748 g/mol. The molecule has 7 rings (SSSR count). The van der Waals surface area contributed by atoms with Crippen molar-refractivity contribution in [3.05, 3.63) is 48.1 Å². The molecule has 1 N–H and O–H groups in total. The number of unbranched alkanes of at least 4 members (excludes halogenated alkanes) is 1. The van der Waals surface area contributed by atoms with Crippen molar-refractivity contribution in [3.63, 3.8) is 0 Å². The van der Waals surface area contributed by atoms with Crippen LogP contribution in [0.25, 0.3) is 5.57 Å². The van der Waals surface area contributed by atoms with Crippen molar-refractivity contribution in [2.45, 2.75) is 118 Å². The Kier molecular flexibility index (Phi) is 10.1. The summed E-state index contributed by atoms with van der Waals surface area (Å²) in [7, 11) is -2.89. The fraction of sp³-hybridized carbons (Fsp3) is 0.733. The standard InChI is InChI=1S/C45H65NO6S/c1-30(2)33-17-20-45(38(48)10-8-9-23-46-24-26-53(50,51)27-25-46)22-21-42(5)34(40(33)45)15-16-37-43(42,6)19-18-36-41(3,4)35(28-39(49)44(36,37)7)31-11-13-32(14-12-31)52-29-47/h11-14,28-29,33-34,36-37,39-40,49H,1,8-10,15-27H2,2-7H3/t33-,34+,36-,37-,39-,40+,42+,43+,44-,45+/m0/s1. The Bertz CT molecular complexity index is 1740. The molecule has 0 radical (unpaired) electrons. The molecule has 7 nitrogen and oxygen atoms in total. The minimum absolute atomic E-state index is 0.0384. The van der Waals surface area contributed by atoms with Crippen LogP contribution < -0.4 is 4.74 Å². The number of carbonyl (C=O) groups is 2. The van der Waals surface area contributed by atoms with E-state index in [1.165, 1.54) is 11.1 Å². The van der Waals surface area contributed by atoms with Gasteiger partial charge in [-0.15, -0.1) is 0 Å². The lowest BCUT2D eigenvalue weighted by molar-refractivity contribution is -0.240. The zero-order valence-electron chi connectivity index (χ0n) is 33.3. The predicted molar refractivity (Wildman–Crippen MR) is 211 cm³/mol. The molecule has 5 aliphatic carbocycles. The van der Waals surface area contributed by atoms with Gasteiger partial charge in [0.05, 0.1) is 17.6 Å². The van der Waals surface area contributed by atoms with Gasteiger partial charge in [-0.1, -0.05) is 65.0 Å². The molecular weight excluding hydrogens is 683 g/mol. The van der Waals surface area contributed by atoms with E-state index in [-0.39, 0.29) is 38.6 Å². The third-order valence-corrected chi connectivity index (χ3v) is 18.8. The highest BCUT2D eigenvalue weighted by atomic mass is 32.2. The first-order chi connectivity index (χ1) is 24.9. The maximum Gasteiger partial charge on any atom is 0.298 e. The first kappa shape index (κ1) is 39.0. The number of fused-ring (bicyclic) bond motifs is 7. The van der Waals surface area contributed by atoms with Crippen molar-refractivity contribution in [1.29, 1.82) is 0 Å². The van der Waals surface area contributed by atoms with E-state index in [4.69, 9.17) is 4.74 Å². The Hall–Kier alpha value is -2.29. The zero-order chi connectivity index (χ0) is 38.2. The molecule has 1 saturated heterocycles. The van der Waals surface area contributed by atoms with Gasteiger partial charge in [0.2, 0.25) is 0 Å². The molecule has 0 amide bonds. The summed E-state index contributed by atoms with van der Waals surface area (Å²) in [5, 5.41) is 12.4. The SMILES string of the molecule is C=C(C)[C@@H]1CC[C@]2(C(=O)CCCCN3CCS(=O)(=O)CC3)CC[C@]3(C)[C@H](CC[C@@H]4[C@@]5(C)[C@@H](O)C=C(c6ccc(OC=O)cc6)C(C)(C)[C@@H]5CC[C@]43C)[C@@H]12. The van der Waals surface area contributed by atoms with Gasteiger partial charge in [-0.25, -0.2) is 8.42 Å². The summed E-state index contributed by atoms with van der Waals surface area (Å²) in [6.07, 6.45) is 12.4.